The Morgan fingerprint density at radius 1 is 1.21 bits per heavy atom. The molecule has 0 saturated heterocycles. The Morgan fingerprint density at radius 2 is 1.84 bits per heavy atom. The lowest BCUT2D eigenvalue weighted by Crippen LogP contribution is -2.12. The molecule has 1 aromatic carbocycles. The predicted octanol–water partition coefficient (Wildman–Crippen LogP) is 3.38. The molecule has 0 bridgehead atoms. The van der Waals surface area contributed by atoms with Crippen molar-refractivity contribution in [3.05, 3.63) is 40.9 Å². The molecular formula is C13H16N2O2S2. The van der Waals surface area contributed by atoms with E-state index in [4.69, 9.17) is 0 Å². The Balaban J connectivity index is 2.24. The molecule has 0 amide bonds. The van der Waals surface area contributed by atoms with Crippen LogP contribution in [0, 0.1) is 6.92 Å². The lowest BCUT2D eigenvalue weighted by molar-refractivity contribution is 0.601. The average Bonchev–Trinajstić information content (AvgIpc) is 2.74. The summed E-state index contributed by atoms with van der Waals surface area (Å²) < 4.78 is 26.8. The number of aromatic nitrogens is 1. The van der Waals surface area contributed by atoms with Gasteiger partial charge in [0.1, 0.15) is 0 Å². The third kappa shape index (κ3) is 3.33. The van der Waals surface area contributed by atoms with Gasteiger partial charge in [-0.25, -0.2) is 13.4 Å². The molecule has 102 valence electrons. The second-order valence-corrected chi connectivity index (χ2v) is 7.16. The van der Waals surface area contributed by atoms with Gasteiger partial charge in [0.2, 0.25) is 0 Å². The molecule has 0 aliphatic carbocycles. The molecule has 1 N–H and O–H groups in total. The van der Waals surface area contributed by atoms with Gasteiger partial charge < -0.3 is 0 Å². The van der Waals surface area contributed by atoms with Crippen LogP contribution < -0.4 is 4.72 Å². The van der Waals surface area contributed by atoms with E-state index in [9.17, 15) is 8.42 Å². The Bertz CT molecular complexity index is 658. The van der Waals surface area contributed by atoms with Crippen molar-refractivity contribution in [3.8, 4) is 0 Å². The summed E-state index contributed by atoms with van der Waals surface area (Å²) in [6.45, 7) is 5.96. The molecule has 0 aliphatic rings. The van der Waals surface area contributed by atoms with Gasteiger partial charge in [-0.05, 0) is 30.5 Å². The molecule has 19 heavy (non-hydrogen) atoms. The number of benzene rings is 1. The van der Waals surface area contributed by atoms with E-state index in [1.807, 2.05) is 19.1 Å². The van der Waals surface area contributed by atoms with E-state index >= 15 is 0 Å². The number of anilines is 1. The van der Waals surface area contributed by atoms with E-state index in [-0.39, 0.29) is 4.90 Å². The van der Waals surface area contributed by atoms with Crippen LogP contribution in [-0.4, -0.2) is 13.4 Å². The molecule has 0 unspecified atom stereocenters. The highest BCUT2D eigenvalue weighted by molar-refractivity contribution is 7.93. The van der Waals surface area contributed by atoms with Crippen molar-refractivity contribution >= 4 is 26.5 Å². The third-order valence-electron chi connectivity index (χ3n) is 2.70. The number of hydrogen-bond acceptors (Lipinski definition) is 4. The molecule has 0 atom stereocenters. The maximum absolute atomic E-state index is 12.1. The number of rotatable bonds is 4. The van der Waals surface area contributed by atoms with Gasteiger partial charge in [-0.1, -0.05) is 26.0 Å². The van der Waals surface area contributed by atoms with E-state index in [2.05, 4.69) is 23.6 Å². The monoisotopic (exact) mass is 296 g/mol. The molecule has 0 aliphatic heterocycles. The Hall–Kier alpha value is -1.40. The normalized spacial score (nSPS) is 11.8. The zero-order valence-electron chi connectivity index (χ0n) is 11.0. The molecule has 1 aromatic heterocycles. The van der Waals surface area contributed by atoms with Crippen molar-refractivity contribution in [2.45, 2.75) is 31.6 Å². The summed E-state index contributed by atoms with van der Waals surface area (Å²) in [5.74, 6) is 0.381. The Morgan fingerprint density at radius 3 is 2.32 bits per heavy atom. The van der Waals surface area contributed by atoms with Crippen LogP contribution >= 0.6 is 11.3 Å². The summed E-state index contributed by atoms with van der Waals surface area (Å²) >= 11 is 1.28. The molecule has 2 rings (SSSR count). The van der Waals surface area contributed by atoms with Crippen LogP contribution in [0.15, 0.2) is 34.5 Å². The van der Waals surface area contributed by atoms with E-state index in [1.165, 1.54) is 11.3 Å². The number of thiazole rings is 1. The fraction of sp³-hybridized carbons (Fsp3) is 0.308. The molecule has 0 radical (unpaired) electrons. The minimum atomic E-state index is -3.54. The first-order chi connectivity index (χ1) is 8.88. The zero-order valence-corrected chi connectivity index (χ0v) is 12.7. The summed E-state index contributed by atoms with van der Waals surface area (Å²) in [5, 5.41) is 2.20. The smallest absolute Gasteiger partial charge is 0.255 e. The molecule has 1 heterocycles. The van der Waals surface area contributed by atoms with E-state index in [0.717, 1.165) is 11.3 Å². The van der Waals surface area contributed by atoms with Crippen LogP contribution in [0.1, 0.15) is 31.0 Å². The largest absolute Gasteiger partial charge is 0.263 e. The Kier molecular flexibility index (Phi) is 3.91. The number of sulfonamides is 1. The van der Waals surface area contributed by atoms with Crippen LogP contribution in [-0.2, 0) is 10.0 Å². The van der Waals surface area contributed by atoms with Gasteiger partial charge in [0, 0.05) is 5.38 Å². The fourth-order valence-electron chi connectivity index (χ4n) is 1.61. The SMILES string of the molecule is Cc1csc(NS(=O)(=O)c2ccc(C(C)C)cc2)n1. The van der Waals surface area contributed by atoms with E-state index < -0.39 is 10.0 Å². The third-order valence-corrected chi connectivity index (χ3v) is 5.06. The summed E-state index contributed by atoms with van der Waals surface area (Å²) in [6.07, 6.45) is 0. The zero-order chi connectivity index (χ0) is 14.0. The van der Waals surface area contributed by atoms with Gasteiger partial charge in [-0.3, -0.25) is 4.72 Å². The summed E-state index contributed by atoms with van der Waals surface area (Å²) in [6, 6.07) is 6.93. The highest BCUT2D eigenvalue weighted by atomic mass is 32.2. The molecule has 0 spiro atoms. The highest BCUT2D eigenvalue weighted by Crippen LogP contribution is 2.21. The summed E-state index contributed by atoms with van der Waals surface area (Å²) in [5.41, 5.74) is 1.92. The molecule has 0 saturated carbocycles. The first-order valence-electron chi connectivity index (χ1n) is 5.93. The van der Waals surface area contributed by atoms with Crippen molar-refractivity contribution < 1.29 is 8.42 Å². The maximum atomic E-state index is 12.1. The van der Waals surface area contributed by atoms with Crippen molar-refractivity contribution in [2.24, 2.45) is 0 Å². The van der Waals surface area contributed by atoms with Crippen LogP contribution in [0.4, 0.5) is 5.13 Å². The highest BCUT2D eigenvalue weighted by Gasteiger charge is 2.15. The van der Waals surface area contributed by atoms with Gasteiger partial charge in [0.15, 0.2) is 5.13 Å². The first kappa shape index (κ1) is 14.0. The van der Waals surface area contributed by atoms with Gasteiger partial charge >= 0.3 is 0 Å². The molecule has 2 aromatic rings. The van der Waals surface area contributed by atoms with Gasteiger partial charge in [0.25, 0.3) is 10.0 Å². The lowest BCUT2D eigenvalue weighted by atomic mass is 10.0. The molecule has 4 nitrogen and oxygen atoms in total. The van der Waals surface area contributed by atoms with Crippen molar-refractivity contribution in [2.75, 3.05) is 4.72 Å². The minimum absolute atomic E-state index is 0.254. The van der Waals surface area contributed by atoms with Crippen LogP contribution in [0.5, 0.6) is 0 Å². The number of aryl methyl sites for hydroxylation is 1. The second-order valence-electron chi connectivity index (χ2n) is 4.62. The van der Waals surface area contributed by atoms with Crippen molar-refractivity contribution in [3.63, 3.8) is 0 Å². The lowest BCUT2D eigenvalue weighted by Gasteiger charge is -2.08. The van der Waals surface area contributed by atoms with Crippen LogP contribution in [0.2, 0.25) is 0 Å². The molecule has 0 fully saturated rings. The Labute approximate surface area is 117 Å². The second kappa shape index (κ2) is 5.30. The van der Waals surface area contributed by atoms with E-state index in [1.54, 1.807) is 17.5 Å². The van der Waals surface area contributed by atoms with Crippen LogP contribution in [0.3, 0.4) is 0 Å². The average molecular weight is 296 g/mol. The number of hydrogen-bond donors (Lipinski definition) is 1. The van der Waals surface area contributed by atoms with Crippen molar-refractivity contribution in [1.29, 1.82) is 0 Å². The first-order valence-corrected chi connectivity index (χ1v) is 8.29. The molecule has 6 heteroatoms. The minimum Gasteiger partial charge on any atom is -0.255 e. The molecular weight excluding hydrogens is 280 g/mol. The quantitative estimate of drug-likeness (QED) is 0.941. The van der Waals surface area contributed by atoms with E-state index in [0.29, 0.717) is 11.0 Å². The maximum Gasteiger partial charge on any atom is 0.263 e. The predicted molar refractivity (Wildman–Crippen MR) is 78.2 cm³/mol. The van der Waals surface area contributed by atoms with Crippen molar-refractivity contribution in [1.82, 2.24) is 4.98 Å². The summed E-state index contributed by atoms with van der Waals surface area (Å²) in [4.78, 5) is 4.35. The summed E-state index contributed by atoms with van der Waals surface area (Å²) in [7, 11) is -3.54. The van der Waals surface area contributed by atoms with Gasteiger partial charge in [-0.15, -0.1) is 11.3 Å². The number of nitrogens with one attached hydrogen (secondary N) is 1. The topological polar surface area (TPSA) is 59.1 Å². The standard InChI is InChI=1S/C13H16N2O2S2/c1-9(2)11-4-6-12(7-5-11)19(16,17)15-13-14-10(3)8-18-13/h4-9H,1-3H3,(H,14,15). The van der Waals surface area contributed by atoms with Gasteiger partial charge in [0.05, 0.1) is 10.6 Å². The fourth-order valence-corrected chi connectivity index (χ4v) is 3.55. The number of nitrogens with zero attached hydrogens (tertiary/aromatic N) is 1. The van der Waals surface area contributed by atoms with Crippen LogP contribution in [0.25, 0.3) is 0 Å². The van der Waals surface area contributed by atoms with Gasteiger partial charge in [-0.2, -0.15) is 0 Å².